The van der Waals surface area contributed by atoms with Crippen LogP contribution in [0.1, 0.15) is 58.3 Å². The maximum Gasteiger partial charge on any atom is 0.310 e. The number of nitro benzene ring substituents is 1. The number of nitro groups is 1. The van der Waals surface area contributed by atoms with E-state index in [2.05, 4.69) is 0 Å². The van der Waals surface area contributed by atoms with Crippen molar-refractivity contribution in [2.45, 2.75) is 58.3 Å². The Morgan fingerprint density at radius 1 is 1.09 bits per heavy atom. The molecule has 0 bridgehead atoms. The fraction of sp³-hybridized carbons (Fsp3) is 0.611. The van der Waals surface area contributed by atoms with Gasteiger partial charge < -0.3 is 9.53 Å². The lowest BCUT2D eigenvalue weighted by Crippen LogP contribution is -2.00. The summed E-state index contributed by atoms with van der Waals surface area (Å²) in [6.45, 7) is 2.48. The van der Waals surface area contributed by atoms with Gasteiger partial charge in [0.15, 0.2) is 5.75 Å². The Labute approximate surface area is 138 Å². The van der Waals surface area contributed by atoms with Gasteiger partial charge in [0.05, 0.1) is 11.5 Å². The van der Waals surface area contributed by atoms with E-state index < -0.39 is 4.92 Å². The average molecular weight is 321 g/mol. The lowest BCUT2D eigenvalue weighted by atomic mass is 10.0. The number of hydrogen-bond acceptors (Lipinski definition) is 4. The van der Waals surface area contributed by atoms with E-state index in [4.69, 9.17) is 4.74 Å². The van der Waals surface area contributed by atoms with E-state index in [0.29, 0.717) is 12.4 Å². The number of nitrogens with zero attached hydrogens (tertiary/aromatic N) is 1. The van der Waals surface area contributed by atoms with E-state index in [9.17, 15) is 14.9 Å². The minimum Gasteiger partial charge on any atom is -0.487 e. The molecule has 0 saturated carbocycles. The molecule has 0 N–H and O–H groups in total. The van der Waals surface area contributed by atoms with Gasteiger partial charge in [-0.2, -0.15) is 0 Å². The van der Waals surface area contributed by atoms with Gasteiger partial charge in [0, 0.05) is 12.0 Å². The van der Waals surface area contributed by atoms with Gasteiger partial charge in [-0.1, -0.05) is 57.6 Å². The first kappa shape index (κ1) is 19.1. The molecule has 128 valence electrons. The van der Waals surface area contributed by atoms with Crippen LogP contribution < -0.4 is 4.74 Å². The largest absolute Gasteiger partial charge is 0.487 e. The van der Waals surface area contributed by atoms with Gasteiger partial charge >= 0.3 is 5.69 Å². The van der Waals surface area contributed by atoms with Crippen LogP contribution in [0.15, 0.2) is 24.3 Å². The highest BCUT2D eigenvalue weighted by atomic mass is 16.6. The zero-order chi connectivity index (χ0) is 16.9. The van der Waals surface area contributed by atoms with Crippen molar-refractivity contribution in [1.29, 1.82) is 0 Å². The van der Waals surface area contributed by atoms with Gasteiger partial charge in [-0.05, 0) is 18.9 Å². The summed E-state index contributed by atoms with van der Waals surface area (Å²) in [4.78, 5) is 20.9. The lowest BCUT2D eigenvalue weighted by molar-refractivity contribution is -0.385. The van der Waals surface area contributed by atoms with Gasteiger partial charge in [0.2, 0.25) is 0 Å². The van der Waals surface area contributed by atoms with Crippen molar-refractivity contribution in [3.05, 3.63) is 34.4 Å². The first-order valence-electron chi connectivity index (χ1n) is 8.46. The number of aldehydes is 1. The number of hydrogen-bond donors (Lipinski definition) is 0. The third-order valence-corrected chi connectivity index (χ3v) is 3.86. The molecule has 1 unspecified atom stereocenters. The molecular weight excluding hydrogens is 294 g/mol. The third-order valence-electron chi connectivity index (χ3n) is 3.86. The van der Waals surface area contributed by atoms with E-state index in [1.807, 2.05) is 6.92 Å². The summed E-state index contributed by atoms with van der Waals surface area (Å²) >= 11 is 0. The molecule has 1 rings (SSSR count). The summed E-state index contributed by atoms with van der Waals surface area (Å²) in [6, 6.07) is 6.48. The number of ether oxygens (including phenoxy) is 1. The molecule has 0 aliphatic heterocycles. The molecule has 1 aromatic carbocycles. The Morgan fingerprint density at radius 2 is 1.70 bits per heavy atom. The zero-order valence-electron chi connectivity index (χ0n) is 13.9. The van der Waals surface area contributed by atoms with Crippen molar-refractivity contribution in [2.75, 3.05) is 6.61 Å². The van der Waals surface area contributed by atoms with Crippen LogP contribution in [0.25, 0.3) is 0 Å². The zero-order valence-corrected chi connectivity index (χ0v) is 13.9. The summed E-state index contributed by atoms with van der Waals surface area (Å²) in [5.74, 6) is 0.538. The minimum absolute atomic E-state index is 0.0250. The second-order valence-corrected chi connectivity index (χ2v) is 5.95. The second-order valence-electron chi connectivity index (χ2n) is 5.95. The molecule has 5 nitrogen and oxygen atoms in total. The van der Waals surface area contributed by atoms with Crippen LogP contribution in [0.4, 0.5) is 5.69 Å². The highest BCUT2D eigenvalue weighted by Crippen LogP contribution is 2.26. The average Bonchev–Trinajstić information content (AvgIpc) is 2.56. The summed E-state index contributed by atoms with van der Waals surface area (Å²) < 4.78 is 5.51. The van der Waals surface area contributed by atoms with Crippen molar-refractivity contribution in [2.24, 2.45) is 5.92 Å². The van der Waals surface area contributed by atoms with Gasteiger partial charge in [0.1, 0.15) is 6.29 Å². The Bertz CT molecular complexity index is 476. The molecular formula is C18H27NO4. The lowest BCUT2D eigenvalue weighted by Gasteiger charge is -2.06. The number of carbonyl (C=O) groups is 1. The number of rotatable bonds is 13. The van der Waals surface area contributed by atoms with E-state index in [-0.39, 0.29) is 11.6 Å². The van der Waals surface area contributed by atoms with Gasteiger partial charge in [-0.15, -0.1) is 0 Å². The molecule has 5 heteroatoms. The maximum atomic E-state index is 10.8. The van der Waals surface area contributed by atoms with Crippen LogP contribution in [0, 0.1) is 16.0 Å². The van der Waals surface area contributed by atoms with Crippen LogP contribution >= 0.6 is 0 Å². The van der Waals surface area contributed by atoms with Crippen molar-refractivity contribution in [3.8, 4) is 5.75 Å². The number of carbonyl (C=O) groups excluding carboxylic acids is 1. The number of benzene rings is 1. The minimum atomic E-state index is -0.416. The fourth-order valence-electron chi connectivity index (χ4n) is 2.43. The van der Waals surface area contributed by atoms with Crippen LogP contribution in [-0.4, -0.2) is 17.8 Å². The Balaban J connectivity index is 2.02. The van der Waals surface area contributed by atoms with Gasteiger partial charge in [-0.25, -0.2) is 0 Å². The van der Waals surface area contributed by atoms with Crippen LogP contribution in [0.3, 0.4) is 0 Å². The molecule has 0 aliphatic rings. The SMILES string of the molecule is CC(C=O)CCCCCCCCCOc1ccccc1[N+](=O)[O-]. The monoisotopic (exact) mass is 321 g/mol. The molecule has 0 aromatic heterocycles. The Morgan fingerprint density at radius 3 is 2.35 bits per heavy atom. The maximum absolute atomic E-state index is 10.8. The third kappa shape index (κ3) is 8.33. The number of unbranched alkanes of at least 4 members (excludes halogenated alkanes) is 6. The molecule has 0 amide bonds. The summed E-state index contributed by atoms with van der Waals surface area (Å²) in [6.07, 6.45) is 9.87. The van der Waals surface area contributed by atoms with E-state index in [1.165, 1.54) is 25.3 Å². The van der Waals surface area contributed by atoms with Crippen molar-refractivity contribution < 1.29 is 14.5 Å². The van der Waals surface area contributed by atoms with E-state index in [1.54, 1.807) is 18.2 Å². The van der Waals surface area contributed by atoms with Crippen LogP contribution in [-0.2, 0) is 4.79 Å². The first-order valence-corrected chi connectivity index (χ1v) is 8.46. The molecule has 1 atom stereocenters. The first-order chi connectivity index (χ1) is 11.1. The molecule has 0 aliphatic carbocycles. The molecule has 0 heterocycles. The highest BCUT2D eigenvalue weighted by molar-refractivity contribution is 5.52. The number of para-hydroxylation sites is 2. The normalized spacial score (nSPS) is 11.9. The predicted molar refractivity (Wildman–Crippen MR) is 90.8 cm³/mol. The summed E-state index contributed by atoms with van der Waals surface area (Å²) in [7, 11) is 0. The van der Waals surface area contributed by atoms with Gasteiger partial charge in [-0.3, -0.25) is 10.1 Å². The molecule has 0 radical (unpaired) electrons. The second kappa shape index (κ2) is 11.6. The highest BCUT2D eigenvalue weighted by Gasteiger charge is 2.12. The molecule has 0 spiro atoms. The molecule has 0 saturated heterocycles. The molecule has 23 heavy (non-hydrogen) atoms. The topological polar surface area (TPSA) is 69.4 Å². The quantitative estimate of drug-likeness (QED) is 0.223. The van der Waals surface area contributed by atoms with Crippen LogP contribution in [0.5, 0.6) is 5.75 Å². The summed E-state index contributed by atoms with van der Waals surface area (Å²) in [5, 5.41) is 10.8. The fourth-order valence-corrected chi connectivity index (χ4v) is 2.43. The predicted octanol–water partition coefficient (Wildman–Crippen LogP) is 4.93. The summed E-state index contributed by atoms with van der Waals surface area (Å²) in [5.41, 5.74) is 0.0250. The standard InChI is InChI=1S/C18H27NO4/c1-16(15-20)11-7-5-3-2-4-6-10-14-23-18-13-9-8-12-17(18)19(21)22/h8-9,12-13,15-16H,2-7,10-11,14H2,1H3. The van der Waals surface area contributed by atoms with Crippen molar-refractivity contribution in [3.63, 3.8) is 0 Å². The molecule has 1 aromatic rings. The van der Waals surface area contributed by atoms with Crippen LogP contribution in [0.2, 0.25) is 0 Å². The van der Waals surface area contributed by atoms with E-state index in [0.717, 1.165) is 38.4 Å². The van der Waals surface area contributed by atoms with Crippen molar-refractivity contribution in [1.82, 2.24) is 0 Å². The Kier molecular flexibility index (Phi) is 9.68. The van der Waals surface area contributed by atoms with E-state index >= 15 is 0 Å². The van der Waals surface area contributed by atoms with Gasteiger partial charge in [0.25, 0.3) is 0 Å². The van der Waals surface area contributed by atoms with Crippen molar-refractivity contribution >= 4 is 12.0 Å². The Hall–Kier alpha value is -1.91. The smallest absolute Gasteiger partial charge is 0.310 e. The molecule has 0 fully saturated rings.